The van der Waals surface area contributed by atoms with Gasteiger partial charge in [0.15, 0.2) is 0 Å². The molecule has 2 aromatic rings. The third-order valence-corrected chi connectivity index (χ3v) is 4.81. The molecule has 7 heteroatoms. The maximum absolute atomic E-state index is 12.8. The number of nitrogens with two attached hydrogens (primary N) is 1. The van der Waals surface area contributed by atoms with Crippen molar-refractivity contribution in [1.82, 2.24) is 4.98 Å². The number of hydrogen-bond acceptors (Lipinski definition) is 6. The Hall–Kier alpha value is -3.53. The number of fused-ring (bicyclic) bond motifs is 1. The lowest BCUT2D eigenvalue weighted by atomic mass is 9.83. The van der Waals surface area contributed by atoms with Crippen LogP contribution in [0.25, 0.3) is 10.9 Å². The Labute approximate surface area is 155 Å². The molecular weight excluding hydrogens is 346 g/mol. The monoisotopic (exact) mass is 365 g/mol. The molecule has 0 fully saturated rings. The number of pyridine rings is 1. The Morgan fingerprint density at radius 3 is 2.56 bits per heavy atom. The zero-order valence-corrected chi connectivity index (χ0v) is 15.5. The number of nitrogens with one attached hydrogen (secondary N) is 1. The van der Waals surface area contributed by atoms with Gasteiger partial charge in [0.1, 0.15) is 17.4 Å². The van der Waals surface area contributed by atoms with Crippen molar-refractivity contribution in [2.45, 2.75) is 26.7 Å². The number of carbonyl (C=O) groups is 1. The van der Waals surface area contributed by atoms with Crippen molar-refractivity contribution in [3.8, 4) is 6.07 Å². The van der Waals surface area contributed by atoms with Crippen LogP contribution in [0.2, 0.25) is 0 Å². The summed E-state index contributed by atoms with van der Waals surface area (Å²) in [5.41, 5.74) is 8.53. The predicted molar refractivity (Wildman–Crippen MR) is 99.4 cm³/mol. The second-order valence-electron chi connectivity index (χ2n) is 6.46. The molecule has 1 atom stereocenters. The predicted octanol–water partition coefficient (Wildman–Crippen LogP) is 2.40. The van der Waals surface area contributed by atoms with Gasteiger partial charge in [0.25, 0.3) is 5.56 Å². The molecule has 0 aliphatic carbocycles. The number of aromatic amines is 1. The number of rotatable bonds is 2. The van der Waals surface area contributed by atoms with Crippen LogP contribution in [0.5, 0.6) is 0 Å². The standard InChI is InChI=1S/C20H19N3O4/c1-9-5-12-7-13(19(24)23-15(12)6-10(9)2)17-14(8-21)18(22)27-11(3)16(17)20(25)26-4/h5-7,17H,22H2,1-4H3,(H,23,24). The van der Waals surface area contributed by atoms with E-state index < -0.39 is 17.4 Å². The molecule has 0 saturated heterocycles. The summed E-state index contributed by atoms with van der Waals surface area (Å²) in [5, 5.41) is 10.4. The minimum atomic E-state index is -0.967. The summed E-state index contributed by atoms with van der Waals surface area (Å²) in [7, 11) is 1.23. The van der Waals surface area contributed by atoms with E-state index in [0.717, 1.165) is 16.5 Å². The highest BCUT2D eigenvalue weighted by molar-refractivity contribution is 5.93. The van der Waals surface area contributed by atoms with Crippen molar-refractivity contribution in [2.24, 2.45) is 5.73 Å². The molecule has 1 aliphatic heterocycles. The number of allylic oxidation sites excluding steroid dienone is 2. The lowest BCUT2D eigenvalue weighted by Crippen LogP contribution is -2.28. The summed E-state index contributed by atoms with van der Waals surface area (Å²) in [6.07, 6.45) is 0. The summed E-state index contributed by atoms with van der Waals surface area (Å²) < 4.78 is 10.2. The van der Waals surface area contributed by atoms with Gasteiger partial charge < -0.3 is 20.2 Å². The van der Waals surface area contributed by atoms with Gasteiger partial charge in [0.05, 0.1) is 18.6 Å². The fourth-order valence-electron chi connectivity index (χ4n) is 3.28. The number of aromatic nitrogens is 1. The number of carbonyl (C=O) groups excluding carboxylic acids is 1. The number of ether oxygens (including phenoxy) is 2. The summed E-state index contributed by atoms with van der Waals surface area (Å²) in [6, 6.07) is 7.47. The van der Waals surface area contributed by atoms with E-state index in [-0.39, 0.29) is 28.4 Å². The van der Waals surface area contributed by atoms with Gasteiger partial charge in [0, 0.05) is 11.1 Å². The zero-order valence-electron chi connectivity index (χ0n) is 15.5. The van der Waals surface area contributed by atoms with E-state index in [0.29, 0.717) is 5.52 Å². The molecule has 0 saturated carbocycles. The molecule has 1 aliphatic rings. The van der Waals surface area contributed by atoms with Gasteiger partial charge in [0.2, 0.25) is 5.88 Å². The minimum absolute atomic E-state index is 0.00492. The van der Waals surface area contributed by atoms with Crippen molar-refractivity contribution in [2.75, 3.05) is 7.11 Å². The van der Waals surface area contributed by atoms with Crippen LogP contribution in [0.1, 0.15) is 29.5 Å². The molecule has 2 heterocycles. The van der Waals surface area contributed by atoms with Gasteiger partial charge in [-0.3, -0.25) is 4.79 Å². The van der Waals surface area contributed by atoms with Crippen molar-refractivity contribution >= 4 is 16.9 Å². The Morgan fingerprint density at radius 2 is 1.93 bits per heavy atom. The van der Waals surface area contributed by atoms with Gasteiger partial charge in [-0.05, 0) is 55.5 Å². The third-order valence-electron chi connectivity index (χ3n) is 4.81. The van der Waals surface area contributed by atoms with E-state index in [1.807, 2.05) is 32.0 Å². The van der Waals surface area contributed by atoms with Crippen LogP contribution in [-0.2, 0) is 14.3 Å². The quantitative estimate of drug-likeness (QED) is 0.789. The molecule has 0 amide bonds. The van der Waals surface area contributed by atoms with Gasteiger partial charge in [-0.2, -0.15) is 5.26 Å². The number of H-pyrrole nitrogens is 1. The van der Waals surface area contributed by atoms with Crippen LogP contribution in [0.15, 0.2) is 45.8 Å². The van der Waals surface area contributed by atoms with E-state index in [2.05, 4.69) is 4.98 Å². The molecular formula is C20H19N3O4. The van der Waals surface area contributed by atoms with E-state index in [1.54, 1.807) is 13.0 Å². The molecule has 3 N–H and O–H groups in total. The fourth-order valence-corrected chi connectivity index (χ4v) is 3.28. The Kier molecular flexibility index (Phi) is 4.50. The van der Waals surface area contributed by atoms with Crippen molar-refractivity contribution in [3.63, 3.8) is 0 Å². The SMILES string of the molecule is COC(=O)C1=C(C)OC(N)=C(C#N)C1c1cc2cc(C)c(C)cc2[nH]c1=O. The van der Waals surface area contributed by atoms with Gasteiger partial charge >= 0.3 is 5.97 Å². The lowest BCUT2D eigenvalue weighted by Gasteiger charge is -2.26. The largest absolute Gasteiger partial charge is 0.466 e. The summed E-state index contributed by atoms with van der Waals surface area (Å²) in [5.74, 6) is -1.58. The second kappa shape index (κ2) is 6.65. The molecule has 7 nitrogen and oxygen atoms in total. The molecule has 0 spiro atoms. The Morgan fingerprint density at radius 1 is 1.26 bits per heavy atom. The van der Waals surface area contributed by atoms with Crippen LogP contribution in [0.4, 0.5) is 0 Å². The molecule has 3 rings (SSSR count). The van der Waals surface area contributed by atoms with Crippen LogP contribution >= 0.6 is 0 Å². The van der Waals surface area contributed by atoms with Gasteiger partial charge in [-0.1, -0.05) is 0 Å². The van der Waals surface area contributed by atoms with Gasteiger partial charge in [-0.15, -0.1) is 0 Å². The number of esters is 1. The average Bonchev–Trinajstić information content (AvgIpc) is 2.61. The number of aryl methyl sites for hydroxylation is 2. The van der Waals surface area contributed by atoms with Crippen LogP contribution in [0, 0.1) is 25.2 Å². The number of nitriles is 1. The third kappa shape index (κ3) is 2.95. The summed E-state index contributed by atoms with van der Waals surface area (Å²) in [4.78, 5) is 28.0. The smallest absolute Gasteiger partial charge is 0.338 e. The first-order chi connectivity index (χ1) is 12.8. The highest BCUT2D eigenvalue weighted by Crippen LogP contribution is 2.38. The fraction of sp³-hybridized carbons (Fsp3) is 0.250. The minimum Gasteiger partial charge on any atom is -0.466 e. The number of methoxy groups -OCH3 is 1. The molecule has 138 valence electrons. The molecule has 1 aromatic heterocycles. The van der Waals surface area contributed by atoms with E-state index in [4.69, 9.17) is 15.2 Å². The van der Waals surface area contributed by atoms with E-state index in [9.17, 15) is 14.9 Å². The van der Waals surface area contributed by atoms with Crippen molar-refractivity contribution < 1.29 is 14.3 Å². The first-order valence-electron chi connectivity index (χ1n) is 8.29. The molecule has 1 aromatic carbocycles. The zero-order chi connectivity index (χ0) is 19.9. The maximum Gasteiger partial charge on any atom is 0.338 e. The number of benzene rings is 1. The topological polar surface area (TPSA) is 118 Å². The molecule has 0 radical (unpaired) electrons. The van der Waals surface area contributed by atoms with Crippen molar-refractivity contribution in [1.29, 1.82) is 5.26 Å². The summed E-state index contributed by atoms with van der Waals surface area (Å²) >= 11 is 0. The van der Waals surface area contributed by atoms with Crippen molar-refractivity contribution in [3.05, 3.63) is 68.0 Å². The normalized spacial score (nSPS) is 16.9. The Bertz CT molecular complexity index is 1130. The first kappa shape index (κ1) is 18.3. The van der Waals surface area contributed by atoms with Crippen LogP contribution in [-0.4, -0.2) is 18.1 Å². The van der Waals surface area contributed by atoms with E-state index >= 15 is 0 Å². The maximum atomic E-state index is 12.8. The first-order valence-corrected chi connectivity index (χ1v) is 8.29. The molecule has 27 heavy (non-hydrogen) atoms. The highest BCUT2D eigenvalue weighted by atomic mass is 16.5. The average molecular weight is 365 g/mol. The summed E-state index contributed by atoms with van der Waals surface area (Å²) in [6.45, 7) is 5.47. The molecule has 1 unspecified atom stereocenters. The number of nitrogens with zero attached hydrogens (tertiary/aromatic N) is 1. The highest BCUT2D eigenvalue weighted by Gasteiger charge is 2.37. The molecule has 0 bridgehead atoms. The van der Waals surface area contributed by atoms with Crippen LogP contribution < -0.4 is 11.3 Å². The Balaban J connectivity index is 2.33. The second-order valence-corrected chi connectivity index (χ2v) is 6.46. The van der Waals surface area contributed by atoms with Gasteiger partial charge in [-0.25, -0.2) is 4.79 Å². The van der Waals surface area contributed by atoms with Crippen LogP contribution in [0.3, 0.4) is 0 Å². The number of hydrogen-bond donors (Lipinski definition) is 2. The van der Waals surface area contributed by atoms with E-state index in [1.165, 1.54) is 7.11 Å². The lowest BCUT2D eigenvalue weighted by molar-refractivity contribution is -0.136.